The van der Waals surface area contributed by atoms with Crippen molar-refractivity contribution in [3.8, 4) is 28.8 Å². The predicted molar refractivity (Wildman–Crippen MR) is 109 cm³/mol. The molecule has 5 heteroatoms. The van der Waals surface area contributed by atoms with Crippen LogP contribution in [0.15, 0.2) is 79.7 Å². The van der Waals surface area contributed by atoms with Gasteiger partial charge in [-0.15, -0.1) is 0 Å². The quantitative estimate of drug-likeness (QED) is 0.554. The first-order chi connectivity index (χ1) is 13.7. The molecule has 2 aromatic carbocycles. The van der Waals surface area contributed by atoms with Crippen LogP contribution < -0.4 is 0 Å². The Morgan fingerprint density at radius 1 is 0.964 bits per heavy atom. The van der Waals surface area contributed by atoms with Crippen molar-refractivity contribution in [2.24, 2.45) is 0 Å². The summed E-state index contributed by atoms with van der Waals surface area (Å²) in [6.07, 6.45) is 7.23. The van der Waals surface area contributed by atoms with Crippen molar-refractivity contribution in [3.05, 3.63) is 96.6 Å². The van der Waals surface area contributed by atoms with E-state index in [4.69, 9.17) is 0 Å². The number of aromatic nitrogens is 3. The molecule has 0 saturated carbocycles. The molecule has 0 bridgehead atoms. The van der Waals surface area contributed by atoms with E-state index in [1.54, 1.807) is 30.4 Å². The number of benzene rings is 2. The van der Waals surface area contributed by atoms with Crippen LogP contribution in [0, 0.1) is 11.3 Å². The lowest BCUT2D eigenvalue weighted by Gasteiger charge is -2.08. The van der Waals surface area contributed by atoms with Gasteiger partial charge < -0.3 is 0 Å². The van der Waals surface area contributed by atoms with Crippen molar-refractivity contribution >= 4 is 6.08 Å². The first-order valence-corrected chi connectivity index (χ1v) is 8.63. The molecule has 0 fully saturated rings. The van der Waals surface area contributed by atoms with Crippen LogP contribution in [0.1, 0.15) is 17.0 Å². The number of nitrogens with zero attached hydrogens (tertiary/aromatic N) is 4. The van der Waals surface area contributed by atoms with Crippen LogP contribution in [0.5, 0.6) is 0 Å². The summed E-state index contributed by atoms with van der Waals surface area (Å²) in [6, 6.07) is 17.1. The number of hydrogen-bond acceptors (Lipinski definition) is 4. The molecule has 1 heterocycles. The molecule has 28 heavy (non-hydrogen) atoms. The summed E-state index contributed by atoms with van der Waals surface area (Å²) in [5.74, 6) is 1.56. The summed E-state index contributed by atoms with van der Waals surface area (Å²) < 4.78 is 12.1. The lowest BCUT2D eigenvalue weighted by molar-refractivity contribution is 0.721. The number of nitriles is 1. The van der Waals surface area contributed by atoms with Gasteiger partial charge in [-0.2, -0.15) is 5.26 Å². The molecular weight excluding hydrogens is 351 g/mol. The van der Waals surface area contributed by atoms with E-state index < -0.39 is 0 Å². The monoisotopic (exact) mass is 368 g/mol. The van der Waals surface area contributed by atoms with Crippen LogP contribution in [0.2, 0.25) is 0 Å². The van der Waals surface area contributed by atoms with Crippen LogP contribution in [0.3, 0.4) is 0 Å². The zero-order valence-electron chi connectivity index (χ0n) is 15.1. The molecule has 0 aliphatic heterocycles. The standard InChI is InChI=1S/C23H17FN4/c1-2-17-13-18(16-25)15-20(14-17)23-27-21(11-7-4-8-12-24)26-22(28-23)19-9-5-3-6-10-19/h2-10,12-15H,1,11H2/b7-4-,12-8-. The molecule has 0 saturated heterocycles. The van der Waals surface area contributed by atoms with Gasteiger partial charge in [0.15, 0.2) is 11.6 Å². The molecule has 0 radical (unpaired) electrons. The maximum atomic E-state index is 12.1. The molecule has 4 nitrogen and oxygen atoms in total. The molecule has 3 aromatic rings. The third-order valence-electron chi connectivity index (χ3n) is 3.91. The fraction of sp³-hybridized carbons (Fsp3) is 0.0435. The fourth-order valence-corrected chi connectivity index (χ4v) is 2.61. The highest BCUT2D eigenvalue weighted by molar-refractivity contribution is 5.66. The molecule has 136 valence electrons. The van der Waals surface area contributed by atoms with Gasteiger partial charge >= 0.3 is 0 Å². The molecule has 1 aromatic heterocycles. The minimum absolute atomic E-state index is 0.423. The lowest BCUT2D eigenvalue weighted by atomic mass is 10.1. The van der Waals surface area contributed by atoms with Crippen LogP contribution in [0.4, 0.5) is 4.39 Å². The summed E-state index contributed by atoms with van der Waals surface area (Å²) in [4.78, 5) is 13.7. The normalized spacial score (nSPS) is 11.0. The maximum absolute atomic E-state index is 12.1. The summed E-state index contributed by atoms with van der Waals surface area (Å²) in [7, 11) is 0. The van der Waals surface area contributed by atoms with E-state index in [9.17, 15) is 9.65 Å². The Morgan fingerprint density at radius 3 is 2.39 bits per heavy atom. The zero-order valence-corrected chi connectivity index (χ0v) is 15.1. The minimum Gasteiger partial charge on any atom is -0.216 e. The Balaban J connectivity index is 2.12. The van der Waals surface area contributed by atoms with Crippen LogP contribution in [-0.4, -0.2) is 15.0 Å². The predicted octanol–water partition coefficient (Wildman–Crippen LogP) is 5.30. The second-order valence-corrected chi connectivity index (χ2v) is 5.88. The van der Waals surface area contributed by atoms with Gasteiger partial charge in [0.05, 0.1) is 18.0 Å². The van der Waals surface area contributed by atoms with E-state index in [2.05, 4.69) is 27.6 Å². The third kappa shape index (κ3) is 4.63. The van der Waals surface area contributed by atoms with Crippen molar-refractivity contribution in [1.29, 1.82) is 5.26 Å². The van der Waals surface area contributed by atoms with E-state index >= 15 is 0 Å². The van der Waals surface area contributed by atoms with E-state index in [0.29, 0.717) is 41.4 Å². The Hall–Kier alpha value is -3.91. The van der Waals surface area contributed by atoms with Crippen molar-refractivity contribution in [2.45, 2.75) is 6.42 Å². The summed E-state index contributed by atoms with van der Waals surface area (Å²) in [5, 5.41) is 9.30. The summed E-state index contributed by atoms with van der Waals surface area (Å²) >= 11 is 0. The molecule has 0 unspecified atom stereocenters. The van der Waals surface area contributed by atoms with Gasteiger partial charge in [0.1, 0.15) is 5.82 Å². The largest absolute Gasteiger partial charge is 0.216 e. The molecule has 0 N–H and O–H groups in total. The highest BCUT2D eigenvalue weighted by atomic mass is 19.1. The third-order valence-corrected chi connectivity index (χ3v) is 3.91. The first-order valence-electron chi connectivity index (χ1n) is 8.63. The summed E-state index contributed by atoms with van der Waals surface area (Å²) in [6.45, 7) is 3.77. The van der Waals surface area contributed by atoms with Gasteiger partial charge in [-0.3, -0.25) is 0 Å². The smallest absolute Gasteiger partial charge is 0.163 e. The maximum Gasteiger partial charge on any atom is 0.163 e. The molecule has 0 aliphatic carbocycles. The number of allylic oxidation sites excluding steroid dienone is 3. The Morgan fingerprint density at radius 2 is 1.71 bits per heavy atom. The lowest BCUT2D eigenvalue weighted by Crippen LogP contribution is -2.02. The zero-order chi connectivity index (χ0) is 19.8. The Bertz CT molecular complexity index is 1080. The molecule has 0 atom stereocenters. The second kappa shape index (κ2) is 9.15. The average molecular weight is 368 g/mol. The molecule has 3 rings (SSSR count). The van der Waals surface area contributed by atoms with Crippen molar-refractivity contribution < 1.29 is 4.39 Å². The number of hydrogen-bond donors (Lipinski definition) is 0. The number of rotatable bonds is 6. The minimum atomic E-state index is 0.423. The van der Waals surface area contributed by atoms with Crippen molar-refractivity contribution in [3.63, 3.8) is 0 Å². The van der Waals surface area contributed by atoms with Gasteiger partial charge in [-0.05, 0) is 29.8 Å². The second-order valence-electron chi connectivity index (χ2n) is 5.88. The van der Waals surface area contributed by atoms with E-state index in [-0.39, 0.29) is 0 Å². The Labute approximate surface area is 163 Å². The van der Waals surface area contributed by atoms with Crippen LogP contribution in [0.25, 0.3) is 28.9 Å². The van der Waals surface area contributed by atoms with E-state index in [0.717, 1.165) is 11.1 Å². The van der Waals surface area contributed by atoms with Crippen LogP contribution >= 0.6 is 0 Å². The first kappa shape index (κ1) is 18.9. The van der Waals surface area contributed by atoms with Gasteiger partial charge in [-0.25, -0.2) is 19.3 Å². The molecular formula is C23H17FN4. The fourth-order valence-electron chi connectivity index (χ4n) is 2.61. The molecule has 0 spiro atoms. The van der Waals surface area contributed by atoms with Gasteiger partial charge in [0, 0.05) is 17.5 Å². The topological polar surface area (TPSA) is 62.5 Å². The van der Waals surface area contributed by atoms with Gasteiger partial charge in [0.2, 0.25) is 0 Å². The van der Waals surface area contributed by atoms with Crippen molar-refractivity contribution in [2.75, 3.05) is 0 Å². The van der Waals surface area contributed by atoms with Crippen molar-refractivity contribution in [1.82, 2.24) is 15.0 Å². The Kier molecular flexibility index (Phi) is 6.17. The highest BCUT2D eigenvalue weighted by Crippen LogP contribution is 2.23. The van der Waals surface area contributed by atoms with Gasteiger partial charge in [-0.1, -0.05) is 55.1 Å². The number of halogens is 1. The van der Waals surface area contributed by atoms with E-state index in [1.165, 1.54) is 6.08 Å². The highest BCUT2D eigenvalue weighted by Gasteiger charge is 2.11. The molecule has 0 aliphatic rings. The SMILES string of the molecule is C=Cc1cc(C#N)cc(-c2nc(C/C=C\C=C/F)nc(-c3ccccc3)n2)c1. The van der Waals surface area contributed by atoms with E-state index in [1.807, 2.05) is 36.4 Å². The molecule has 0 amide bonds. The average Bonchev–Trinajstić information content (AvgIpc) is 2.76. The summed E-state index contributed by atoms with van der Waals surface area (Å²) in [5.41, 5.74) is 2.89. The van der Waals surface area contributed by atoms with Crippen LogP contribution in [-0.2, 0) is 6.42 Å². The van der Waals surface area contributed by atoms with Gasteiger partial charge in [0.25, 0.3) is 0 Å².